The number of rotatable bonds is 8. The van der Waals surface area contributed by atoms with Gasteiger partial charge in [0.1, 0.15) is 23.8 Å². The number of nitrogens with one attached hydrogen (secondary N) is 1. The van der Waals surface area contributed by atoms with Crippen molar-refractivity contribution in [2.75, 3.05) is 20.3 Å². The van der Waals surface area contributed by atoms with Gasteiger partial charge in [0.2, 0.25) is 0 Å². The lowest BCUT2D eigenvalue weighted by molar-refractivity contribution is 0.116. The number of methoxy groups -OCH3 is 1. The second-order valence-electron chi connectivity index (χ2n) is 5.92. The second-order valence-corrected chi connectivity index (χ2v) is 5.92. The molecule has 0 aliphatic heterocycles. The number of benzene rings is 2. The fraction of sp³-hybridized carbons (Fsp3) is 0.200. The summed E-state index contributed by atoms with van der Waals surface area (Å²) in [5.41, 5.74) is 6.47. The number of ether oxygens (including phenoxy) is 2. The molecule has 0 unspecified atom stereocenters. The van der Waals surface area contributed by atoms with Crippen LogP contribution in [-0.2, 0) is 0 Å². The van der Waals surface area contributed by atoms with Gasteiger partial charge in [0.05, 0.1) is 13.7 Å². The largest absolute Gasteiger partial charge is 0.497 e. The van der Waals surface area contributed by atoms with Crippen molar-refractivity contribution < 1.29 is 27.5 Å². The third-order valence-corrected chi connectivity index (χ3v) is 3.98. The van der Waals surface area contributed by atoms with Crippen molar-refractivity contribution in [1.29, 1.82) is 0 Å². The maximum atomic E-state index is 13.2. The molecule has 29 heavy (non-hydrogen) atoms. The first-order valence-corrected chi connectivity index (χ1v) is 8.67. The number of nitrogens with two attached hydrogens (primary N) is 1. The molecular formula is C20H19F2N3O4. The van der Waals surface area contributed by atoms with Crippen LogP contribution in [0.1, 0.15) is 12.3 Å². The molecule has 0 aliphatic rings. The van der Waals surface area contributed by atoms with Crippen LogP contribution >= 0.6 is 0 Å². The van der Waals surface area contributed by atoms with Crippen LogP contribution in [0.5, 0.6) is 11.5 Å². The molecule has 9 heteroatoms. The zero-order valence-electron chi connectivity index (χ0n) is 15.5. The highest BCUT2D eigenvalue weighted by molar-refractivity contribution is 5.77. The first-order valence-electron chi connectivity index (χ1n) is 8.67. The SMILES string of the molecule is COc1ccc(-c2nc(C(F)F)oc2-c2ccc(OCCNC(N)=O)cc2)cc1. The Bertz CT molecular complexity index is 957. The molecule has 3 N–H and O–H groups in total. The number of urea groups is 1. The van der Waals surface area contributed by atoms with Crippen LogP contribution in [0.15, 0.2) is 52.9 Å². The number of hydrogen-bond acceptors (Lipinski definition) is 5. The van der Waals surface area contributed by atoms with E-state index in [1.807, 2.05) is 0 Å². The monoisotopic (exact) mass is 403 g/mol. The molecule has 0 spiro atoms. The van der Waals surface area contributed by atoms with Gasteiger partial charge >= 0.3 is 12.5 Å². The predicted octanol–water partition coefficient (Wildman–Crippen LogP) is 4.00. The molecule has 0 saturated carbocycles. The van der Waals surface area contributed by atoms with Gasteiger partial charge in [-0.15, -0.1) is 0 Å². The van der Waals surface area contributed by atoms with Crippen molar-refractivity contribution in [3.63, 3.8) is 0 Å². The minimum absolute atomic E-state index is 0.229. The Hall–Kier alpha value is -3.62. The van der Waals surface area contributed by atoms with Crippen molar-refractivity contribution in [3.05, 3.63) is 54.4 Å². The van der Waals surface area contributed by atoms with Gasteiger partial charge in [0, 0.05) is 11.1 Å². The average Bonchev–Trinajstić information content (AvgIpc) is 3.17. The smallest absolute Gasteiger partial charge is 0.313 e. The summed E-state index contributed by atoms with van der Waals surface area (Å²) < 4.78 is 42.3. The molecule has 0 bridgehead atoms. The van der Waals surface area contributed by atoms with Crippen LogP contribution in [0.4, 0.5) is 13.6 Å². The maximum absolute atomic E-state index is 13.2. The van der Waals surface area contributed by atoms with Crippen LogP contribution in [0, 0.1) is 0 Å². The minimum atomic E-state index is -2.83. The fourth-order valence-electron chi connectivity index (χ4n) is 2.62. The molecule has 3 aromatic rings. The summed E-state index contributed by atoms with van der Waals surface area (Å²) in [4.78, 5) is 14.6. The fourth-order valence-corrected chi connectivity index (χ4v) is 2.62. The number of aromatic nitrogens is 1. The lowest BCUT2D eigenvalue weighted by Gasteiger charge is -2.07. The third-order valence-electron chi connectivity index (χ3n) is 3.98. The average molecular weight is 403 g/mol. The summed E-state index contributed by atoms with van der Waals surface area (Å²) in [5, 5.41) is 2.41. The number of carbonyl (C=O) groups excluding carboxylic acids is 1. The molecule has 1 heterocycles. The number of hydrogen-bond donors (Lipinski definition) is 2. The Morgan fingerprint density at radius 3 is 2.31 bits per heavy atom. The maximum Gasteiger partial charge on any atom is 0.313 e. The first-order chi connectivity index (χ1) is 14.0. The van der Waals surface area contributed by atoms with Gasteiger partial charge in [0.25, 0.3) is 5.89 Å². The van der Waals surface area contributed by atoms with E-state index in [1.54, 1.807) is 55.6 Å². The van der Waals surface area contributed by atoms with Gasteiger partial charge in [-0.1, -0.05) is 0 Å². The van der Waals surface area contributed by atoms with E-state index in [9.17, 15) is 13.6 Å². The van der Waals surface area contributed by atoms with E-state index in [0.29, 0.717) is 28.3 Å². The number of nitrogens with zero attached hydrogens (tertiary/aromatic N) is 1. The number of alkyl halides is 2. The van der Waals surface area contributed by atoms with Crippen molar-refractivity contribution in [3.8, 4) is 34.1 Å². The Labute approximate surface area is 165 Å². The zero-order chi connectivity index (χ0) is 20.8. The molecule has 1 aromatic heterocycles. The molecular weight excluding hydrogens is 384 g/mol. The second kappa shape index (κ2) is 9.05. The molecule has 0 aliphatic carbocycles. The number of primary amides is 1. The van der Waals surface area contributed by atoms with Crippen molar-refractivity contribution in [2.45, 2.75) is 6.43 Å². The minimum Gasteiger partial charge on any atom is -0.497 e. The molecule has 0 fully saturated rings. The Morgan fingerprint density at radius 2 is 1.72 bits per heavy atom. The molecule has 2 aromatic carbocycles. The van der Waals surface area contributed by atoms with Crippen LogP contribution in [0.25, 0.3) is 22.6 Å². The number of carbonyl (C=O) groups is 1. The lowest BCUT2D eigenvalue weighted by Crippen LogP contribution is -2.32. The summed E-state index contributed by atoms with van der Waals surface area (Å²) in [6.07, 6.45) is -2.83. The lowest BCUT2D eigenvalue weighted by atomic mass is 10.1. The molecule has 0 radical (unpaired) electrons. The van der Waals surface area contributed by atoms with Crippen LogP contribution < -0.4 is 20.5 Å². The van der Waals surface area contributed by atoms with E-state index in [1.165, 1.54) is 0 Å². The third kappa shape index (κ3) is 5.01. The zero-order valence-corrected chi connectivity index (χ0v) is 15.5. The summed E-state index contributed by atoms with van der Waals surface area (Å²) in [7, 11) is 1.54. The van der Waals surface area contributed by atoms with Crippen LogP contribution in [-0.4, -0.2) is 31.3 Å². The highest BCUT2D eigenvalue weighted by Crippen LogP contribution is 2.36. The summed E-state index contributed by atoms with van der Waals surface area (Å²) in [5.74, 6) is 0.760. The topological polar surface area (TPSA) is 99.6 Å². The van der Waals surface area contributed by atoms with Crippen molar-refractivity contribution in [2.24, 2.45) is 5.73 Å². The van der Waals surface area contributed by atoms with E-state index in [2.05, 4.69) is 10.3 Å². The van der Waals surface area contributed by atoms with Gasteiger partial charge < -0.3 is 24.9 Å². The van der Waals surface area contributed by atoms with Gasteiger partial charge in [-0.2, -0.15) is 8.78 Å². The molecule has 2 amide bonds. The Morgan fingerprint density at radius 1 is 1.10 bits per heavy atom. The van der Waals surface area contributed by atoms with Gasteiger partial charge in [-0.25, -0.2) is 9.78 Å². The normalized spacial score (nSPS) is 10.8. The van der Waals surface area contributed by atoms with Gasteiger partial charge in [-0.3, -0.25) is 0 Å². The van der Waals surface area contributed by atoms with Crippen LogP contribution in [0.2, 0.25) is 0 Å². The molecule has 0 saturated heterocycles. The number of amides is 2. The molecule has 7 nitrogen and oxygen atoms in total. The van der Waals surface area contributed by atoms with E-state index in [-0.39, 0.29) is 18.9 Å². The summed E-state index contributed by atoms with van der Waals surface area (Å²) in [6, 6.07) is 12.9. The van der Waals surface area contributed by atoms with Gasteiger partial charge in [-0.05, 0) is 48.5 Å². The highest BCUT2D eigenvalue weighted by atomic mass is 19.3. The summed E-state index contributed by atoms with van der Waals surface area (Å²) in [6.45, 7) is 0.496. The number of halogens is 2. The predicted molar refractivity (Wildman–Crippen MR) is 102 cm³/mol. The van der Waals surface area contributed by atoms with Gasteiger partial charge in [0.15, 0.2) is 5.76 Å². The Kier molecular flexibility index (Phi) is 6.28. The number of oxazole rings is 1. The highest BCUT2D eigenvalue weighted by Gasteiger charge is 2.22. The van der Waals surface area contributed by atoms with Crippen LogP contribution in [0.3, 0.4) is 0 Å². The van der Waals surface area contributed by atoms with Crippen molar-refractivity contribution in [1.82, 2.24) is 10.3 Å². The van der Waals surface area contributed by atoms with E-state index in [4.69, 9.17) is 19.6 Å². The van der Waals surface area contributed by atoms with E-state index >= 15 is 0 Å². The first kappa shape index (κ1) is 20.1. The molecule has 3 rings (SSSR count). The van der Waals surface area contributed by atoms with E-state index in [0.717, 1.165) is 0 Å². The molecule has 152 valence electrons. The standard InChI is InChI=1S/C20H19F2N3O4/c1-27-14-6-2-12(3-7-14)16-17(29-19(25-16)18(21)22)13-4-8-15(9-5-13)28-11-10-24-20(23)26/h2-9,18H,10-11H2,1H3,(H3,23,24,26). The van der Waals surface area contributed by atoms with Crippen molar-refractivity contribution >= 4 is 6.03 Å². The molecule has 0 atom stereocenters. The quantitative estimate of drug-likeness (QED) is 0.554. The van der Waals surface area contributed by atoms with E-state index < -0.39 is 18.3 Å². The summed E-state index contributed by atoms with van der Waals surface area (Å²) >= 11 is 0. The Balaban J connectivity index is 1.84.